The van der Waals surface area contributed by atoms with Crippen molar-refractivity contribution in [2.24, 2.45) is 0 Å². The zero-order valence-electron chi connectivity index (χ0n) is 13.1. The molecule has 0 saturated carbocycles. The Balaban J connectivity index is 1.73. The van der Waals surface area contributed by atoms with Crippen molar-refractivity contribution in [1.29, 1.82) is 0 Å². The second kappa shape index (κ2) is 5.88. The minimum absolute atomic E-state index is 0.202. The summed E-state index contributed by atoms with van der Waals surface area (Å²) in [5, 5.41) is 3.99. The number of ketones is 1. The Kier molecular flexibility index (Phi) is 4.08. The number of hydrogen-bond donors (Lipinski definition) is 1. The number of nitrogens with zero attached hydrogens (tertiary/aromatic N) is 1. The van der Waals surface area contributed by atoms with E-state index in [-0.39, 0.29) is 11.4 Å². The summed E-state index contributed by atoms with van der Waals surface area (Å²) in [4.78, 5) is 14.7. The van der Waals surface area contributed by atoms with Crippen LogP contribution in [0.3, 0.4) is 0 Å². The fraction of sp³-hybridized carbons (Fsp3) is 0.529. The minimum Gasteiger partial charge on any atom is -0.486 e. The van der Waals surface area contributed by atoms with Gasteiger partial charge in [0.25, 0.3) is 0 Å². The average Bonchev–Trinajstić information content (AvgIpc) is 2.49. The standard InChI is InChI=1S/C17H22N2O2S/c1-3-18-16(22)19-8-6-17(7-9-19)11-14(20)13-10-12(2)4-5-15(13)21-17/h4-5,10H,3,6-9,11H2,1-2H3,(H,18,22). The molecule has 22 heavy (non-hydrogen) atoms. The van der Waals surface area contributed by atoms with Crippen molar-refractivity contribution in [3.8, 4) is 5.75 Å². The maximum Gasteiger partial charge on any atom is 0.170 e. The summed E-state index contributed by atoms with van der Waals surface area (Å²) in [7, 11) is 0. The quantitative estimate of drug-likeness (QED) is 0.806. The number of benzene rings is 1. The van der Waals surface area contributed by atoms with Gasteiger partial charge in [0.05, 0.1) is 12.0 Å². The van der Waals surface area contributed by atoms with Crippen molar-refractivity contribution in [3.05, 3.63) is 29.3 Å². The molecular weight excluding hydrogens is 296 g/mol. The Bertz CT molecular complexity index is 607. The highest BCUT2D eigenvalue weighted by Crippen LogP contribution is 2.39. The Morgan fingerprint density at radius 1 is 1.41 bits per heavy atom. The van der Waals surface area contributed by atoms with E-state index in [9.17, 15) is 4.79 Å². The summed E-state index contributed by atoms with van der Waals surface area (Å²) in [6, 6.07) is 5.86. The third-order valence-corrected chi connectivity index (χ3v) is 4.94. The Morgan fingerprint density at radius 2 is 2.14 bits per heavy atom. The van der Waals surface area contributed by atoms with E-state index in [4.69, 9.17) is 17.0 Å². The number of fused-ring (bicyclic) bond motifs is 1. The third kappa shape index (κ3) is 2.82. The lowest BCUT2D eigenvalue weighted by Gasteiger charge is -2.44. The Hall–Kier alpha value is -1.62. The summed E-state index contributed by atoms with van der Waals surface area (Å²) in [5.74, 6) is 0.942. The summed E-state index contributed by atoms with van der Waals surface area (Å²) in [6.07, 6.45) is 2.14. The first-order valence-electron chi connectivity index (χ1n) is 7.89. The van der Waals surface area contributed by atoms with Gasteiger partial charge >= 0.3 is 0 Å². The summed E-state index contributed by atoms with van der Waals surface area (Å²) < 4.78 is 6.26. The van der Waals surface area contributed by atoms with Crippen molar-refractivity contribution >= 4 is 23.1 Å². The molecule has 1 N–H and O–H groups in total. The fourth-order valence-electron chi connectivity index (χ4n) is 3.27. The fourth-order valence-corrected chi connectivity index (χ4v) is 3.59. The SMILES string of the molecule is CCNC(=S)N1CCC2(CC1)CC(=O)c1cc(C)ccc1O2. The molecule has 2 aliphatic rings. The Morgan fingerprint density at radius 3 is 2.82 bits per heavy atom. The van der Waals surface area contributed by atoms with Crippen molar-refractivity contribution in [3.63, 3.8) is 0 Å². The van der Waals surface area contributed by atoms with E-state index in [0.29, 0.717) is 6.42 Å². The molecule has 1 fully saturated rings. The van der Waals surface area contributed by atoms with Gasteiger partial charge in [0.2, 0.25) is 0 Å². The van der Waals surface area contributed by atoms with E-state index in [1.54, 1.807) is 0 Å². The molecule has 4 nitrogen and oxygen atoms in total. The number of carbonyl (C=O) groups is 1. The number of rotatable bonds is 1. The van der Waals surface area contributed by atoms with Gasteiger partial charge in [-0.25, -0.2) is 0 Å². The zero-order chi connectivity index (χ0) is 15.7. The molecule has 0 amide bonds. The number of likely N-dealkylation sites (tertiary alicyclic amines) is 1. The van der Waals surface area contributed by atoms with E-state index in [1.807, 2.05) is 32.0 Å². The van der Waals surface area contributed by atoms with E-state index >= 15 is 0 Å². The van der Waals surface area contributed by atoms with Crippen molar-refractivity contribution < 1.29 is 9.53 Å². The molecular formula is C17H22N2O2S. The van der Waals surface area contributed by atoms with Crippen LogP contribution in [-0.2, 0) is 0 Å². The minimum atomic E-state index is -0.350. The van der Waals surface area contributed by atoms with Crippen LogP contribution in [0, 0.1) is 6.92 Å². The molecule has 0 aromatic heterocycles. The van der Waals surface area contributed by atoms with E-state index < -0.39 is 0 Å². The molecule has 0 unspecified atom stereocenters. The van der Waals surface area contributed by atoms with Crippen molar-refractivity contribution in [1.82, 2.24) is 10.2 Å². The third-order valence-electron chi connectivity index (χ3n) is 4.53. The zero-order valence-corrected chi connectivity index (χ0v) is 14.0. The molecule has 1 saturated heterocycles. The molecule has 2 heterocycles. The lowest BCUT2D eigenvalue weighted by Crippen LogP contribution is -2.54. The summed E-state index contributed by atoms with van der Waals surface area (Å²) in [5.41, 5.74) is 1.48. The molecule has 118 valence electrons. The van der Waals surface area contributed by atoms with E-state index in [0.717, 1.165) is 54.5 Å². The number of ether oxygens (including phenoxy) is 1. The van der Waals surface area contributed by atoms with Gasteiger partial charge in [-0.2, -0.15) is 0 Å². The van der Waals surface area contributed by atoms with Gasteiger partial charge in [0.1, 0.15) is 11.4 Å². The Labute approximate surface area is 136 Å². The number of piperidine rings is 1. The first-order chi connectivity index (χ1) is 10.5. The first-order valence-corrected chi connectivity index (χ1v) is 8.29. The van der Waals surface area contributed by atoms with Crippen LogP contribution < -0.4 is 10.1 Å². The normalized spacial score (nSPS) is 19.5. The van der Waals surface area contributed by atoms with Crippen LogP contribution in [0.25, 0.3) is 0 Å². The van der Waals surface area contributed by atoms with Crippen LogP contribution in [0.4, 0.5) is 0 Å². The number of Topliss-reactive ketones (excluding diaryl/α,β-unsaturated/α-hetero) is 1. The molecule has 0 atom stereocenters. The van der Waals surface area contributed by atoms with E-state index in [2.05, 4.69) is 10.2 Å². The molecule has 2 aliphatic heterocycles. The second-order valence-corrected chi connectivity index (χ2v) is 6.59. The van der Waals surface area contributed by atoms with E-state index in [1.165, 1.54) is 0 Å². The van der Waals surface area contributed by atoms with Crippen LogP contribution in [0.5, 0.6) is 5.75 Å². The van der Waals surface area contributed by atoms with Gasteiger partial charge in [-0.15, -0.1) is 0 Å². The predicted octanol–water partition coefficient (Wildman–Crippen LogP) is 2.69. The van der Waals surface area contributed by atoms with Crippen LogP contribution >= 0.6 is 12.2 Å². The molecule has 3 rings (SSSR count). The second-order valence-electron chi connectivity index (χ2n) is 6.21. The molecule has 1 spiro atoms. The van der Waals surface area contributed by atoms with Gasteiger partial charge < -0.3 is 15.0 Å². The van der Waals surface area contributed by atoms with Gasteiger partial charge in [-0.3, -0.25) is 4.79 Å². The molecule has 0 bridgehead atoms. The molecule has 5 heteroatoms. The predicted molar refractivity (Wildman–Crippen MR) is 90.6 cm³/mol. The number of thiocarbonyl (C=S) groups is 1. The van der Waals surface area contributed by atoms with Crippen LogP contribution in [0.2, 0.25) is 0 Å². The molecule has 1 aromatic carbocycles. The van der Waals surface area contributed by atoms with Gasteiger partial charge in [-0.1, -0.05) is 11.6 Å². The lowest BCUT2D eigenvalue weighted by molar-refractivity contribution is 0.00360. The maximum absolute atomic E-state index is 12.5. The number of nitrogens with one attached hydrogen (secondary N) is 1. The topological polar surface area (TPSA) is 41.6 Å². The average molecular weight is 318 g/mol. The molecule has 0 aliphatic carbocycles. The highest BCUT2D eigenvalue weighted by Gasteiger charge is 2.43. The van der Waals surface area contributed by atoms with Crippen LogP contribution in [0.15, 0.2) is 18.2 Å². The van der Waals surface area contributed by atoms with Gasteiger partial charge in [-0.05, 0) is 38.2 Å². The lowest BCUT2D eigenvalue weighted by atomic mass is 9.82. The van der Waals surface area contributed by atoms with Crippen LogP contribution in [-0.4, -0.2) is 41.0 Å². The number of hydrogen-bond acceptors (Lipinski definition) is 3. The summed E-state index contributed by atoms with van der Waals surface area (Å²) in [6.45, 7) is 6.54. The highest BCUT2D eigenvalue weighted by atomic mass is 32.1. The monoisotopic (exact) mass is 318 g/mol. The summed E-state index contributed by atoms with van der Waals surface area (Å²) >= 11 is 5.37. The van der Waals surface area contributed by atoms with Crippen LogP contribution in [0.1, 0.15) is 42.1 Å². The van der Waals surface area contributed by atoms with Gasteiger partial charge in [0.15, 0.2) is 10.9 Å². The van der Waals surface area contributed by atoms with Crippen molar-refractivity contribution in [2.75, 3.05) is 19.6 Å². The van der Waals surface area contributed by atoms with Gasteiger partial charge in [0, 0.05) is 32.5 Å². The smallest absolute Gasteiger partial charge is 0.170 e. The first kappa shape index (κ1) is 15.3. The number of aryl methyl sites for hydroxylation is 1. The molecule has 1 aromatic rings. The van der Waals surface area contributed by atoms with Crippen molar-refractivity contribution in [2.45, 2.75) is 38.7 Å². The largest absolute Gasteiger partial charge is 0.486 e. The maximum atomic E-state index is 12.5. The number of carbonyl (C=O) groups excluding carboxylic acids is 1. The molecule has 0 radical (unpaired) electrons. The highest BCUT2D eigenvalue weighted by molar-refractivity contribution is 7.80.